The van der Waals surface area contributed by atoms with Gasteiger partial charge < -0.3 is 5.11 Å². The fourth-order valence-electron chi connectivity index (χ4n) is 0.924. The minimum Gasteiger partial charge on any atom is -0.396 e. The van der Waals surface area contributed by atoms with Crippen LogP contribution >= 0.6 is 27.5 Å². The van der Waals surface area contributed by atoms with Gasteiger partial charge >= 0.3 is 0 Å². The minimum absolute atomic E-state index is 0.161. The van der Waals surface area contributed by atoms with Crippen LogP contribution in [0.3, 0.4) is 0 Å². The van der Waals surface area contributed by atoms with E-state index in [4.69, 9.17) is 16.7 Å². The van der Waals surface area contributed by atoms with Gasteiger partial charge in [0.05, 0.1) is 5.02 Å². The number of halogens is 2. The predicted molar refractivity (Wildman–Crippen MR) is 54.7 cm³/mol. The third-order valence-corrected chi connectivity index (χ3v) is 3.00. The standard InChI is InChI=1S/C9H10BrClO/c1-6(5-12)7-2-3-9(11)8(10)4-7/h2-4,6,12H,5H2,1H3. The van der Waals surface area contributed by atoms with Gasteiger partial charge in [-0.1, -0.05) is 24.6 Å². The van der Waals surface area contributed by atoms with E-state index in [1.165, 1.54) is 0 Å². The lowest BCUT2D eigenvalue weighted by Gasteiger charge is -2.08. The third-order valence-electron chi connectivity index (χ3n) is 1.79. The fraction of sp³-hybridized carbons (Fsp3) is 0.333. The van der Waals surface area contributed by atoms with Crippen molar-refractivity contribution in [2.24, 2.45) is 0 Å². The zero-order valence-corrected chi connectivity index (χ0v) is 9.06. The Labute approximate surface area is 85.5 Å². The molecule has 0 heterocycles. The van der Waals surface area contributed by atoms with E-state index in [1.807, 2.05) is 25.1 Å². The number of hydrogen-bond acceptors (Lipinski definition) is 1. The van der Waals surface area contributed by atoms with Crippen LogP contribution in [0.15, 0.2) is 22.7 Å². The van der Waals surface area contributed by atoms with Gasteiger partial charge in [0.2, 0.25) is 0 Å². The molecule has 0 amide bonds. The molecule has 1 unspecified atom stereocenters. The van der Waals surface area contributed by atoms with Crippen LogP contribution in [0.1, 0.15) is 18.4 Å². The van der Waals surface area contributed by atoms with Crippen LogP contribution in [0.25, 0.3) is 0 Å². The van der Waals surface area contributed by atoms with Gasteiger partial charge in [-0.3, -0.25) is 0 Å². The summed E-state index contributed by atoms with van der Waals surface area (Å²) in [7, 11) is 0. The molecule has 0 spiro atoms. The van der Waals surface area contributed by atoms with Crippen LogP contribution in [0.2, 0.25) is 5.02 Å². The normalized spacial score (nSPS) is 13.0. The lowest BCUT2D eigenvalue weighted by atomic mass is 10.0. The molecule has 1 aromatic carbocycles. The Morgan fingerprint density at radius 1 is 1.58 bits per heavy atom. The molecule has 1 N–H and O–H groups in total. The second-order valence-electron chi connectivity index (χ2n) is 2.76. The Morgan fingerprint density at radius 3 is 2.75 bits per heavy atom. The largest absolute Gasteiger partial charge is 0.396 e. The fourth-order valence-corrected chi connectivity index (χ4v) is 1.44. The summed E-state index contributed by atoms with van der Waals surface area (Å²) in [5.74, 6) is 0.165. The topological polar surface area (TPSA) is 20.2 Å². The Kier molecular flexibility index (Phi) is 3.56. The first kappa shape index (κ1) is 10.0. The maximum Gasteiger partial charge on any atom is 0.0548 e. The molecule has 1 nitrogen and oxygen atoms in total. The molecule has 0 saturated carbocycles. The smallest absolute Gasteiger partial charge is 0.0548 e. The van der Waals surface area contributed by atoms with Gasteiger partial charge in [-0.15, -0.1) is 0 Å². The molecule has 0 radical (unpaired) electrons. The van der Waals surface area contributed by atoms with E-state index >= 15 is 0 Å². The van der Waals surface area contributed by atoms with Crippen molar-refractivity contribution in [2.45, 2.75) is 12.8 Å². The molecule has 1 atom stereocenters. The third kappa shape index (κ3) is 2.22. The Balaban J connectivity index is 2.96. The van der Waals surface area contributed by atoms with Crippen LogP contribution in [0.4, 0.5) is 0 Å². The monoisotopic (exact) mass is 248 g/mol. The molecule has 66 valence electrons. The molecule has 1 aromatic rings. The summed E-state index contributed by atoms with van der Waals surface area (Å²) < 4.78 is 0.877. The molecular formula is C9H10BrClO. The number of hydrogen-bond donors (Lipinski definition) is 1. The van der Waals surface area contributed by atoms with Crippen molar-refractivity contribution < 1.29 is 5.11 Å². The van der Waals surface area contributed by atoms with Crippen LogP contribution in [-0.2, 0) is 0 Å². The summed E-state index contributed by atoms with van der Waals surface area (Å²) >= 11 is 9.15. The van der Waals surface area contributed by atoms with Crippen molar-refractivity contribution in [2.75, 3.05) is 6.61 Å². The van der Waals surface area contributed by atoms with Gasteiger partial charge in [-0.05, 0) is 33.6 Å². The molecule has 3 heteroatoms. The van der Waals surface area contributed by atoms with Gasteiger partial charge in [0.15, 0.2) is 0 Å². The first-order chi connectivity index (χ1) is 5.65. The summed E-state index contributed by atoms with van der Waals surface area (Å²) in [4.78, 5) is 0. The summed E-state index contributed by atoms with van der Waals surface area (Å²) in [6.07, 6.45) is 0. The second-order valence-corrected chi connectivity index (χ2v) is 4.02. The zero-order chi connectivity index (χ0) is 9.14. The molecule has 1 rings (SSSR count). The van der Waals surface area contributed by atoms with Crippen molar-refractivity contribution in [1.82, 2.24) is 0 Å². The van der Waals surface area contributed by atoms with Crippen molar-refractivity contribution in [3.05, 3.63) is 33.3 Å². The summed E-state index contributed by atoms with van der Waals surface area (Å²) in [5.41, 5.74) is 1.09. The molecule has 0 fully saturated rings. The van der Waals surface area contributed by atoms with Crippen LogP contribution in [0.5, 0.6) is 0 Å². The zero-order valence-electron chi connectivity index (χ0n) is 6.72. The number of rotatable bonds is 2. The van der Waals surface area contributed by atoms with E-state index in [2.05, 4.69) is 15.9 Å². The molecule has 0 saturated heterocycles. The second kappa shape index (κ2) is 4.26. The minimum atomic E-state index is 0.161. The van der Waals surface area contributed by atoms with Crippen molar-refractivity contribution in [3.8, 4) is 0 Å². The van der Waals surface area contributed by atoms with Crippen LogP contribution in [0, 0.1) is 0 Å². The Bertz CT molecular complexity index is 275. The molecule has 0 aliphatic rings. The van der Waals surface area contributed by atoms with E-state index in [0.717, 1.165) is 10.0 Å². The van der Waals surface area contributed by atoms with E-state index in [-0.39, 0.29) is 12.5 Å². The van der Waals surface area contributed by atoms with Gasteiger partial charge in [-0.2, -0.15) is 0 Å². The maximum absolute atomic E-state index is 8.90. The Morgan fingerprint density at radius 2 is 2.25 bits per heavy atom. The molecule has 0 aromatic heterocycles. The van der Waals surface area contributed by atoms with Gasteiger partial charge in [0, 0.05) is 17.0 Å². The lowest BCUT2D eigenvalue weighted by Crippen LogP contribution is -1.98. The van der Waals surface area contributed by atoms with Crippen LogP contribution < -0.4 is 0 Å². The quantitative estimate of drug-likeness (QED) is 0.853. The van der Waals surface area contributed by atoms with E-state index in [1.54, 1.807) is 0 Å². The predicted octanol–water partition coefficient (Wildman–Crippen LogP) is 3.20. The molecule has 0 bridgehead atoms. The van der Waals surface area contributed by atoms with Gasteiger partial charge in [-0.25, -0.2) is 0 Å². The summed E-state index contributed by atoms with van der Waals surface area (Å²) in [6.45, 7) is 2.13. The first-order valence-electron chi connectivity index (χ1n) is 3.71. The molecule has 0 aliphatic carbocycles. The van der Waals surface area contributed by atoms with Crippen LogP contribution in [-0.4, -0.2) is 11.7 Å². The van der Waals surface area contributed by atoms with Gasteiger partial charge in [0.25, 0.3) is 0 Å². The summed E-state index contributed by atoms with van der Waals surface area (Å²) in [6, 6.07) is 5.68. The van der Waals surface area contributed by atoms with E-state index in [9.17, 15) is 0 Å². The molecule has 0 aliphatic heterocycles. The highest BCUT2D eigenvalue weighted by Gasteiger charge is 2.05. The van der Waals surface area contributed by atoms with E-state index in [0.29, 0.717) is 5.02 Å². The SMILES string of the molecule is CC(CO)c1ccc(Cl)c(Br)c1. The van der Waals surface area contributed by atoms with Gasteiger partial charge in [0.1, 0.15) is 0 Å². The number of aliphatic hydroxyl groups excluding tert-OH is 1. The number of benzene rings is 1. The highest BCUT2D eigenvalue weighted by atomic mass is 79.9. The molecule has 12 heavy (non-hydrogen) atoms. The maximum atomic E-state index is 8.90. The highest BCUT2D eigenvalue weighted by molar-refractivity contribution is 9.10. The first-order valence-corrected chi connectivity index (χ1v) is 4.88. The van der Waals surface area contributed by atoms with Crippen molar-refractivity contribution in [3.63, 3.8) is 0 Å². The van der Waals surface area contributed by atoms with Crippen molar-refractivity contribution >= 4 is 27.5 Å². The van der Waals surface area contributed by atoms with E-state index < -0.39 is 0 Å². The molecular weight excluding hydrogens is 239 g/mol. The Hall–Kier alpha value is -0.0500. The van der Waals surface area contributed by atoms with Crippen molar-refractivity contribution in [1.29, 1.82) is 0 Å². The summed E-state index contributed by atoms with van der Waals surface area (Å²) in [5, 5.41) is 9.60. The highest BCUT2D eigenvalue weighted by Crippen LogP contribution is 2.26. The lowest BCUT2D eigenvalue weighted by molar-refractivity contribution is 0.273. The average molecular weight is 250 g/mol. The number of aliphatic hydroxyl groups is 1. The average Bonchev–Trinajstić information content (AvgIpc) is 2.08.